The second-order valence-electron chi connectivity index (χ2n) is 8.42. The molecule has 28 heavy (non-hydrogen) atoms. The van der Waals surface area contributed by atoms with E-state index < -0.39 is 0 Å². The molecule has 7 nitrogen and oxygen atoms in total. The van der Waals surface area contributed by atoms with Crippen LogP contribution in [0.1, 0.15) is 38.4 Å². The van der Waals surface area contributed by atoms with Crippen molar-refractivity contribution in [2.75, 3.05) is 13.2 Å². The number of carbonyl (C=O) groups is 1. The van der Waals surface area contributed by atoms with Crippen LogP contribution in [0.5, 0.6) is 0 Å². The SMILES string of the molecule is C=C1CC(CCO)CC(C)(CNC(=O)Cc2nc3cnc4[nH]ccc4c3[nH]2)C1. The van der Waals surface area contributed by atoms with Gasteiger partial charge < -0.3 is 20.4 Å². The largest absolute Gasteiger partial charge is 0.396 e. The number of nitrogens with one attached hydrogen (secondary N) is 3. The average molecular weight is 381 g/mol. The van der Waals surface area contributed by atoms with Gasteiger partial charge in [0.2, 0.25) is 5.91 Å². The number of aliphatic hydroxyl groups excluding tert-OH is 1. The molecule has 4 N–H and O–H groups in total. The summed E-state index contributed by atoms with van der Waals surface area (Å²) in [6.07, 6.45) is 7.44. The number of carbonyl (C=O) groups excluding carboxylic acids is 1. The van der Waals surface area contributed by atoms with Crippen LogP contribution < -0.4 is 5.32 Å². The first-order valence-electron chi connectivity index (χ1n) is 9.81. The third-order valence-electron chi connectivity index (χ3n) is 5.70. The molecule has 3 aromatic rings. The Morgan fingerprint density at radius 1 is 1.50 bits per heavy atom. The molecule has 2 atom stereocenters. The van der Waals surface area contributed by atoms with Crippen LogP contribution in [0.25, 0.3) is 22.1 Å². The standard InChI is InChI=1S/C21H27N5O2/c1-13-7-14(4-6-27)10-21(2,9-13)12-24-18(28)8-17-25-16-11-23-20-15(3-5-22-20)19(16)26-17/h3,5,11,14,27H,1,4,6-10,12H2,2H3,(H,22,23)(H,24,28)(H,25,26). The van der Waals surface area contributed by atoms with E-state index in [0.29, 0.717) is 18.3 Å². The highest BCUT2D eigenvalue weighted by Gasteiger charge is 2.34. The number of aromatic nitrogens is 4. The van der Waals surface area contributed by atoms with Crippen molar-refractivity contribution in [2.45, 2.75) is 39.0 Å². The lowest BCUT2D eigenvalue weighted by Crippen LogP contribution is -2.40. The number of allylic oxidation sites excluding steroid dienone is 1. The zero-order valence-corrected chi connectivity index (χ0v) is 16.2. The van der Waals surface area contributed by atoms with Crippen molar-refractivity contribution in [2.24, 2.45) is 11.3 Å². The number of hydrogen-bond acceptors (Lipinski definition) is 4. The van der Waals surface area contributed by atoms with Gasteiger partial charge in [0, 0.05) is 24.7 Å². The van der Waals surface area contributed by atoms with Gasteiger partial charge in [-0.15, -0.1) is 0 Å². The van der Waals surface area contributed by atoms with Crippen molar-refractivity contribution in [1.82, 2.24) is 25.3 Å². The minimum Gasteiger partial charge on any atom is -0.396 e. The number of rotatable bonds is 6. The molecule has 3 aromatic heterocycles. The van der Waals surface area contributed by atoms with Crippen LogP contribution in [0.15, 0.2) is 30.6 Å². The third kappa shape index (κ3) is 3.80. The summed E-state index contributed by atoms with van der Waals surface area (Å²) in [5.41, 5.74) is 3.66. The molecule has 1 amide bonds. The molecule has 0 spiro atoms. The first-order chi connectivity index (χ1) is 13.5. The zero-order valence-electron chi connectivity index (χ0n) is 16.2. The minimum absolute atomic E-state index is 0.0140. The van der Waals surface area contributed by atoms with Crippen molar-refractivity contribution in [1.29, 1.82) is 0 Å². The maximum absolute atomic E-state index is 12.5. The summed E-state index contributed by atoms with van der Waals surface area (Å²) in [7, 11) is 0. The number of nitrogens with zero attached hydrogens (tertiary/aromatic N) is 2. The maximum atomic E-state index is 12.5. The first kappa shape index (κ1) is 18.7. The van der Waals surface area contributed by atoms with Crippen LogP contribution >= 0.6 is 0 Å². The van der Waals surface area contributed by atoms with Crippen LogP contribution in [0.4, 0.5) is 0 Å². The van der Waals surface area contributed by atoms with Crippen LogP contribution in [-0.2, 0) is 11.2 Å². The van der Waals surface area contributed by atoms with Crippen LogP contribution in [0.2, 0.25) is 0 Å². The van der Waals surface area contributed by atoms with Gasteiger partial charge in [-0.25, -0.2) is 9.97 Å². The van der Waals surface area contributed by atoms with Crippen molar-refractivity contribution in [3.05, 3.63) is 36.4 Å². The van der Waals surface area contributed by atoms with Gasteiger partial charge in [-0.2, -0.15) is 0 Å². The fraction of sp³-hybridized carbons (Fsp3) is 0.476. The van der Waals surface area contributed by atoms with Crippen molar-refractivity contribution < 1.29 is 9.90 Å². The Morgan fingerprint density at radius 3 is 3.18 bits per heavy atom. The van der Waals surface area contributed by atoms with Crippen molar-refractivity contribution in [3.8, 4) is 0 Å². The van der Waals surface area contributed by atoms with Gasteiger partial charge in [0.1, 0.15) is 17.0 Å². The average Bonchev–Trinajstić information content (AvgIpc) is 3.25. The van der Waals surface area contributed by atoms with E-state index in [4.69, 9.17) is 0 Å². The van der Waals surface area contributed by atoms with Crippen LogP contribution in [0.3, 0.4) is 0 Å². The smallest absolute Gasteiger partial charge is 0.227 e. The number of hydrogen-bond donors (Lipinski definition) is 4. The van der Waals surface area contributed by atoms with E-state index in [9.17, 15) is 9.90 Å². The lowest BCUT2D eigenvalue weighted by Gasteiger charge is -2.39. The van der Waals surface area contributed by atoms with Gasteiger partial charge in [0.25, 0.3) is 0 Å². The summed E-state index contributed by atoms with van der Waals surface area (Å²) >= 11 is 0. The Labute approximate surface area is 163 Å². The summed E-state index contributed by atoms with van der Waals surface area (Å²) in [5, 5.41) is 13.3. The summed E-state index contributed by atoms with van der Waals surface area (Å²) in [6, 6.07) is 1.95. The second-order valence-corrected chi connectivity index (χ2v) is 8.42. The van der Waals surface area contributed by atoms with Gasteiger partial charge in [0.05, 0.1) is 18.1 Å². The molecule has 7 heteroatoms. The van der Waals surface area contributed by atoms with E-state index in [2.05, 4.69) is 38.8 Å². The van der Waals surface area contributed by atoms with E-state index >= 15 is 0 Å². The highest BCUT2D eigenvalue weighted by Crippen LogP contribution is 2.42. The second kappa shape index (κ2) is 7.39. The molecule has 148 valence electrons. The Balaban J connectivity index is 1.40. The molecule has 1 fully saturated rings. The van der Waals surface area contributed by atoms with Gasteiger partial charge in [-0.3, -0.25) is 4.79 Å². The number of H-pyrrole nitrogens is 2. The molecule has 0 bridgehead atoms. The van der Waals surface area contributed by atoms with E-state index in [0.717, 1.165) is 47.8 Å². The molecule has 1 saturated carbocycles. The van der Waals surface area contributed by atoms with Crippen molar-refractivity contribution in [3.63, 3.8) is 0 Å². The molecule has 0 aliphatic heterocycles. The molecule has 2 unspecified atom stereocenters. The normalized spacial score (nSPS) is 22.8. The molecule has 3 heterocycles. The fourth-order valence-corrected chi connectivity index (χ4v) is 4.59. The number of aromatic amines is 2. The topological polar surface area (TPSA) is 107 Å². The summed E-state index contributed by atoms with van der Waals surface area (Å²) < 4.78 is 0. The lowest BCUT2D eigenvalue weighted by atomic mass is 9.68. The van der Waals surface area contributed by atoms with E-state index in [-0.39, 0.29) is 24.3 Å². The molecule has 0 aromatic carbocycles. The molecule has 4 rings (SSSR count). The Morgan fingerprint density at radius 2 is 2.36 bits per heavy atom. The highest BCUT2D eigenvalue weighted by atomic mass is 16.3. The zero-order chi connectivity index (χ0) is 19.7. The highest BCUT2D eigenvalue weighted by molar-refractivity contribution is 6.00. The molecule has 1 aliphatic rings. The van der Waals surface area contributed by atoms with Crippen LogP contribution in [0, 0.1) is 11.3 Å². The molecule has 0 radical (unpaired) electrons. The summed E-state index contributed by atoms with van der Waals surface area (Å²) in [4.78, 5) is 27.7. The Kier molecular flexibility index (Phi) is 4.93. The number of fused-ring (bicyclic) bond motifs is 3. The Bertz CT molecular complexity index is 1020. The maximum Gasteiger partial charge on any atom is 0.227 e. The first-order valence-corrected chi connectivity index (χ1v) is 9.81. The number of imidazole rings is 1. The number of amides is 1. The van der Waals surface area contributed by atoms with Gasteiger partial charge in [-0.05, 0) is 43.1 Å². The summed E-state index contributed by atoms with van der Waals surface area (Å²) in [5.74, 6) is 1.03. The van der Waals surface area contributed by atoms with Crippen molar-refractivity contribution >= 4 is 28.0 Å². The van der Waals surface area contributed by atoms with E-state index in [1.54, 1.807) is 6.20 Å². The number of pyridine rings is 1. The number of aliphatic hydroxyl groups is 1. The quantitative estimate of drug-likeness (QED) is 0.493. The van der Waals surface area contributed by atoms with E-state index in [1.165, 1.54) is 5.57 Å². The predicted molar refractivity (Wildman–Crippen MR) is 109 cm³/mol. The fourth-order valence-electron chi connectivity index (χ4n) is 4.59. The predicted octanol–water partition coefficient (Wildman–Crippen LogP) is 2.84. The Hall–Kier alpha value is -2.67. The van der Waals surface area contributed by atoms with Crippen LogP contribution in [-0.4, -0.2) is 44.1 Å². The minimum atomic E-state index is -0.0477. The van der Waals surface area contributed by atoms with E-state index in [1.807, 2.05) is 12.3 Å². The summed E-state index contributed by atoms with van der Waals surface area (Å²) in [6.45, 7) is 7.17. The molecule has 1 aliphatic carbocycles. The molecule has 0 saturated heterocycles. The lowest BCUT2D eigenvalue weighted by molar-refractivity contribution is -0.121. The molecular formula is C21H27N5O2. The monoisotopic (exact) mass is 381 g/mol. The van der Waals surface area contributed by atoms with Gasteiger partial charge >= 0.3 is 0 Å². The van der Waals surface area contributed by atoms with Gasteiger partial charge in [0.15, 0.2) is 0 Å². The van der Waals surface area contributed by atoms with Gasteiger partial charge in [-0.1, -0.05) is 19.1 Å². The third-order valence-corrected chi connectivity index (χ3v) is 5.70. The molecular weight excluding hydrogens is 354 g/mol.